The summed E-state index contributed by atoms with van der Waals surface area (Å²) in [6.45, 7) is 6.27. The van der Waals surface area contributed by atoms with E-state index in [0.29, 0.717) is 12.6 Å². The molecule has 1 aliphatic heterocycles. The van der Waals surface area contributed by atoms with Crippen molar-refractivity contribution in [1.82, 2.24) is 9.97 Å². The molecule has 0 spiro atoms. The summed E-state index contributed by atoms with van der Waals surface area (Å²) in [4.78, 5) is 8.41. The summed E-state index contributed by atoms with van der Waals surface area (Å²) in [5, 5.41) is 6.57. The predicted molar refractivity (Wildman–Crippen MR) is 76.3 cm³/mol. The van der Waals surface area contributed by atoms with E-state index in [1.807, 2.05) is 19.9 Å². The highest BCUT2D eigenvalue weighted by Crippen LogP contribution is 2.16. The van der Waals surface area contributed by atoms with E-state index in [4.69, 9.17) is 10.5 Å². The van der Waals surface area contributed by atoms with Crippen LogP contribution in [-0.2, 0) is 4.74 Å². The number of hydrogen-bond acceptors (Lipinski definition) is 6. The summed E-state index contributed by atoms with van der Waals surface area (Å²) in [5.41, 5.74) is 5.52. The smallest absolute Gasteiger partial charge is 0.131 e. The number of aromatic nitrogens is 2. The Morgan fingerprint density at radius 1 is 1.42 bits per heavy atom. The molecule has 0 saturated carbocycles. The van der Waals surface area contributed by atoms with Gasteiger partial charge in [-0.15, -0.1) is 0 Å². The van der Waals surface area contributed by atoms with Crippen molar-refractivity contribution in [3.8, 4) is 0 Å². The zero-order chi connectivity index (χ0) is 13.7. The Morgan fingerprint density at radius 2 is 2.21 bits per heavy atom. The van der Waals surface area contributed by atoms with Crippen LogP contribution in [0.4, 0.5) is 11.6 Å². The monoisotopic (exact) mass is 265 g/mol. The maximum absolute atomic E-state index is 5.70. The molecule has 4 N–H and O–H groups in total. The van der Waals surface area contributed by atoms with Gasteiger partial charge >= 0.3 is 0 Å². The molecule has 0 bridgehead atoms. The largest absolute Gasteiger partial charge is 0.376 e. The maximum Gasteiger partial charge on any atom is 0.131 e. The SMILES string of the molecule is CC(C)(CN)Nc1cc(NCC2CCCO2)ncn1. The molecule has 1 atom stereocenters. The quantitative estimate of drug-likeness (QED) is 0.717. The van der Waals surface area contributed by atoms with E-state index in [9.17, 15) is 0 Å². The lowest BCUT2D eigenvalue weighted by Gasteiger charge is -2.25. The van der Waals surface area contributed by atoms with E-state index in [2.05, 4.69) is 20.6 Å². The Bertz CT molecular complexity index is 404. The van der Waals surface area contributed by atoms with Crippen LogP contribution in [-0.4, -0.2) is 41.3 Å². The number of anilines is 2. The van der Waals surface area contributed by atoms with Gasteiger partial charge in [0, 0.05) is 31.3 Å². The van der Waals surface area contributed by atoms with Gasteiger partial charge in [0.1, 0.15) is 18.0 Å². The van der Waals surface area contributed by atoms with E-state index >= 15 is 0 Å². The second-order valence-corrected chi connectivity index (χ2v) is 5.52. The first-order valence-electron chi connectivity index (χ1n) is 6.75. The van der Waals surface area contributed by atoms with Gasteiger partial charge in [0.2, 0.25) is 0 Å². The Labute approximate surface area is 114 Å². The van der Waals surface area contributed by atoms with E-state index in [-0.39, 0.29) is 5.54 Å². The molecular weight excluding hydrogens is 242 g/mol. The third kappa shape index (κ3) is 4.33. The van der Waals surface area contributed by atoms with Crippen LogP contribution < -0.4 is 16.4 Å². The average Bonchev–Trinajstić information content (AvgIpc) is 2.89. The first kappa shape index (κ1) is 14.0. The molecule has 1 aromatic heterocycles. The lowest BCUT2D eigenvalue weighted by atomic mass is 10.1. The number of nitrogens with one attached hydrogen (secondary N) is 2. The van der Waals surface area contributed by atoms with Gasteiger partial charge in [-0.1, -0.05) is 0 Å². The van der Waals surface area contributed by atoms with Gasteiger partial charge in [-0.05, 0) is 26.7 Å². The number of ether oxygens (including phenoxy) is 1. The van der Waals surface area contributed by atoms with Crippen LogP contribution in [0.1, 0.15) is 26.7 Å². The highest BCUT2D eigenvalue weighted by molar-refractivity contribution is 5.47. The van der Waals surface area contributed by atoms with Crippen molar-refractivity contribution in [1.29, 1.82) is 0 Å². The summed E-state index contributed by atoms with van der Waals surface area (Å²) >= 11 is 0. The molecule has 2 rings (SSSR count). The molecule has 1 saturated heterocycles. The normalized spacial score (nSPS) is 19.4. The number of nitrogens with zero attached hydrogens (tertiary/aromatic N) is 2. The molecule has 19 heavy (non-hydrogen) atoms. The van der Waals surface area contributed by atoms with Crippen molar-refractivity contribution < 1.29 is 4.74 Å². The Hall–Kier alpha value is -1.40. The lowest BCUT2D eigenvalue weighted by molar-refractivity contribution is 0.120. The first-order valence-corrected chi connectivity index (χ1v) is 6.75. The Balaban J connectivity index is 1.90. The maximum atomic E-state index is 5.70. The fourth-order valence-corrected chi connectivity index (χ4v) is 1.94. The molecule has 0 aliphatic carbocycles. The first-order chi connectivity index (χ1) is 9.09. The van der Waals surface area contributed by atoms with Crippen molar-refractivity contribution >= 4 is 11.6 Å². The van der Waals surface area contributed by atoms with Gasteiger partial charge < -0.3 is 21.1 Å². The Kier molecular flexibility index (Phi) is 4.55. The van der Waals surface area contributed by atoms with Gasteiger partial charge in [0.25, 0.3) is 0 Å². The van der Waals surface area contributed by atoms with Gasteiger partial charge in [-0.3, -0.25) is 0 Å². The van der Waals surface area contributed by atoms with Crippen LogP contribution in [0.25, 0.3) is 0 Å². The molecule has 6 heteroatoms. The fraction of sp³-hybridized carbons (Fsp3) is 0.692. The second-order valence-electron chi connectivity index (χ2n) is 5.52. The molecular formula is C13H23N5O. The zero-order valence-electron chi connectivity index (χ0n) is 11.6. The minimum absolute atomic E-state index is 0.180. The van der Waals surface area contributed by atoms with Crippen molar-refractivity contribution in [2.24, 2.45) is 5.73 Å². The third-order valence-corrected chi connectivity index (χ3v) is 3.18. The molecule has 0 aromatic carbocycles. The zero-order valence-corrected chi connectivity index (χ0v) is 11.6. The molecule has 1 aliphatic rings. The number of nitrogens with two attached hydrogens (primary N) is 1. The van der Waals surface area contributed by atoms with Gasteiger partial charge in [0.05, 0.1) is 6.10 Å². The van der Waals surface area contributed by atoms with Crippen LogP contribution in [0.15, 0.2) is 12.4 Å². The highest BCUT2D eigenvalue weighted by Gasteiger charge is 2.17. The molecule has 1 aromatic rings. The standard InChI is InChI=1S/C13H23N5O/c1-13(2,8-14)18-12-6-11(16-9-17-12)15-7-10-4-3-5-19-10/h6,9-10H,3-5,7-8,14H2,1-2H3,(H2,15,16,17,18). The van der Waals surface area contributed by atoms with E-state index in [1.165, 1.54) is 0 Å². The minimum Gasteiger partial charge on any atom is -0.376 e. The fourth-order valence-electron chi connectivity index (χ4n) is 1.94. The molecule has 106 valence electrons. The van der Waals surface area contributed by atoms with Crippen LogP contribution in [0.3, 0.4) is 0 Å². The molecule has 2 heterocycles. The molecule has 6 nitrogen and oxygen atoms in total. The van der Waals surface area contributed by atoms with Crippen molar-refractivity contribution in [3.05, 3.63) is 12.4 Å². The number of rotatable bonds is 6. The van der Waals surface area contributed by atoms with Crippen LogP contribution in [0.5, 0.6) is 0 Å². The van der Waals surface area contributed by atoms with Gasteiger partial charge in [0.15, 0.2) is 0 Å². The average molecular weight is 265 g/mol. The van der Waals surface area contributed by atoms with Crippen LogP contribution in [0, 0.1) is 0 Å². The summed E-state index contributed by atoms with van der Waals surface area (Å²) in [6.07, 6.45) is 4.11. The van der Waals surface area contributed by atoms with Crippen molar-refractivity contribution in [2.75, 3.05) is 30.3 Å². The molecule has 0 radical (unpaired) electrons. The summed E-state index contributed by atoms with van der Waals surface area (Å²) in [6, 6.07) is 1.90. The van der Waals surface area contributed by atoms with Crippen molar-refractivity contribution in [2.45, 2.75) is 38.3 Å². The minimum atomic E-state index is -0.180. The highest BCUT2D eigenvalue weighted by atomic mass is 16.5. The van der Waals surface area contributed by atoms with Gasteiger partial charge in [-0.25, -0.2) is 9.97 Å². The van der Waals surface area contributed by atoms with Gasteiger partial charge in [-0.2, -0.15) is 0 Å². The lowest BCUT2D eigenvalue weighted by Crippen LogP contribution is -2.39. The Morgan fingerprint density at radius 3 is 2.89 bits per heavy atom. The van der Waals surface area contributed by atoms with E-state index in [0.717, 1.165) is 37.6 Å². The predicted octanol–water partition coefficient (Wildman–Crippen LogP) is 1.22. The summed E-state index contributed by atoms with van der Waals surface area (Å²) < 4.78 is 5.56. The molecule has 1 unspecified atom stereocenters. The summed E-state index contributed by atoms with van der Waals surface area (Å²) in [7, 11) is 0. The second kappa shape index (κ2) is 6.16. The summed E-state index contributed by atoms with van der Waals surface area (Å²) in [5.74, 6) is 1.58. The topological polar surface area (TPSA) is 85.1 Å². The number of hydrogen-bond donors (Lipinski definition) is 3. The van der Waals surface area contributed by atoms with E-state index < -0.39 is 0 Å². The van der Waals surface area contributed by atoms with Crippen LogP contribution >= 0.6 is 0 Å². The van der Waals surface area contributed by atoms with Crippen LogP contribution in [0.2, 0.25) is 0 Å². The molecule has 1 fully saturated rings. The molecule has 0 amide bonds. The van der Waals surface area contributed by atoms with E-state index in [1.54, 1.807) is 6.33 Å². The van der Waals surface area contributed by atoms with Crippen molar-refractivity contribution in [3.63, 3.8) is 0 Å². The third-order valence-electron chi connectivity index (χ3n) is 3.18.